The highest BCUT2D eigenvalue weighted by atomic mass is 19.3. The monoisotopic (exact) mass is 273 g/mol. The summed E-state index contributed by atoms with van der Waals surface area (Å²) in [6, 6.07) is 7.26. The lowest BCUT2D eigenvalue weighted by atomic mass is 10.1. The van der Waals surface area contributed by atoms with Crippen molar-refractivity contribution in [2.45, 2.75) is 25.4 Å². The van der Waals surface area contributed by atoms with E-state index >= 15 is 0 Å². The van der Waals surface area contributed by atoms with Crippen molar-refractivity contribution in [2.24, 2.45) is 0 Å². The van der Waals surface area contributed by atoms with Gasteiger partial charge in [-0.05, 0) is 24.1 Å². The van der Waals surface area contributed by atoms with Crippen LogP contribution in [-0.4, -0.2) is 37.2 Å². The zero-order valence-corrected chi connectivity index (χ0v) is 10.6. The topological polar surface area (TPSA) is 58.6 Å². The fraction of sp³-hybridized carbons (Fsp3) is 0.462. The maximum absolute atomic E-state index is 12.0. The van der Waals surface area contributed by atoms with Crippen LogP contribution < -0.4 is 10.1 Å². The van der Waals surface area contributed by atoms with Gasteiger partial charge in [0, 0.05) is 13.0 Å². The molecule has 0 saturated heterocycles. The number of alkyl halides is 2. The number of amides is 1. The van der Waals surface area contributed by atoms with Crippen molar-refractivity contribution >= 4 is 5.91 Å². The van der Waals surface area contributed by atoms with Gasteiger partial charge in [0.2, 0.25) is 5.91 Å². The largest absolute Gasteiger partial charge is 0.497 e. The van der Waals surface area contributed by atoms with Gasteiger partial charge >= 0.3 is 0 Å². The van der Waals surface area contributed by atoms with E-state index in [1.165, 1.54) is 0 Å². The third-order valence-electron chi connectivity index (χ3n) is 2.57. The van der Waals surface area contributed by atoms with Gasteiger partial charge in [-0.2, -0.15) is 0 Å². The third-order valence-corrected chi connectivity index (χ3v) is 2.57. The summed E-state index contributed by atoms with van der Waals surface area (Å²) in [5.41, 5.74) is 0.920. The van der Waals surface area contributed by atoms with E-state index in [0.717, 1.165) is 5.56 Å². The maximum atomic E-state index is 12.0. The minimum atomic E-state index is -2.85. The van der Waals surface area contributed by atoms with E-state index in [2.05, 4.69) is 5.32 Å². The third kappa shape index (κ3) is 5.65. The quantitative estimate of drug-likeness (QED) is 0.789. The van der Waals surface area contributed by atoms with Gasteiger partial charge in [0.05, 0.1) is 7.11 Å². The molecule has 0 aromatic heterocycles. The van der Waals surface area contributed by atoms with Gasteiger partial charge in [0.25, 0.3) is 6.43 Å². The van der Waals surface area contributed by atoms with Gasteiger partial charge in [0.15, 0.2) is 0 Å². The van der Waals surface area contributed by atoms with Gasteiger partial charge in [-0.25, -0.2) is 8.78 Å². The van der Waals surface area contributed by atoms with Crippen molar-refractivity contribution < 1.29 is 23.4 Å². The SMILES string of the molecule is COc1cccc(CCC(=O)NCC(O)C(F)F)c1. The number of aryl methyl sites for hydroxylation is 1. The standard InChI is InChI=1S/C13H17F2NO3/c1-19-10-4-2-3-9(7-10)5-6-12(18)16-8-11(17)13(14)15/h2-4,7,11,13,17H,5-6,8H2,1H3,(H,16,18). The molecule has 19 heavy (non-hydrogen) atoms. The average molecular weight is 273 g/mol. The molecule has 0 aliphatic carbocycles. The second-order valence-electron chi connectivity index (χ2n) is 4.06. The number of rotatable bonds is 7. The van der Waals surface area contributed by atoms with E-state index in [9.17, 15) is 13.6 Å². The molecule has 0 spiro atoms. The lowest BCUT2D eigenvalue weighted by molar-refractivity contribution is -0.122. The molecule has 106 valence electrons. The molecule has 1 aromatic rings. The van der Waals surface area contributed by atoms with Crippen molar-refractivity contribution in [1.82, 2.24) is 5.32 Å². The minimum Gasteiger partial charge on any atom is -0.497 e. The molecular formula is C13H17F2NO3. The van der Waals surface area contributed by atoms with Crippen LogP contribution in [0.15, 0.2) is 24.3 Å². The second-order valence-corrected chi connectivity index (χ2v) is 4.06. The van der Waals surface area contributed by atoms with E-state index in [1.54, 1.807) is 19.2 Å². The number of methoxy groups -OCH3 is 1. The van der Waals surface area contributed by atoms with Crippen LogP contribution in [0.3, 0.4) is 0 Å². The van der Waals surface area contributed by atoms with Crippen LogP contribution in [0.4, 0.5) is 8.78 Å². The summed E-state index contributed by atoms with van der Waals surface area (Å²) in [6.45, 7) is -0.436. The molecule has 6 heteroatoms. The highest BCUT2D eigenvalue weighted by molar-refractivity contribution is 5.76. The molecule has 0 heterocycles. The maximum Gasteiger partial charge on any atom is 0.265 e. The van der Waals surface area contributed by atoms with Crippen molar-refractivity contribution in [3.63, 3.8) is 0 Å². The number of carbonyl (C=O) groups excluding carboxylic acids is 1. The summed E-state index contributed by atoms with van der Waals surface area (Å²) in [5, 5.41) is 11.1. The molecule has 2 N–H and O–H groups in total. The van der Waals surface area contributed by atoms with Crippen molar-refractivity contribution in [2.75, 3.05) is 13.7 Å². The first-order chi connectivity index (χ1) is 9.02. The Bertz CT molecular complexity index is 413. The molecule has 0 saturated carbocycles. The Hall–Kier alpha value is -1.69. The number of aliphatic hydroxyl groups is 1. The first-order valence-corrected chi connectivity index (χ1v) is 5.88. The van der Waals surface area contributed by atoms with Gasteiger partial charge in [-0.1, -0.05) is 12.1 Å². The minimum absolute atomic E-state index is 0.170. The molecule has 1 unspecified atom stereocenters. The number of carbonyl (C=O) groups is 1. The summed E-state index contributed by atoms with van der Waals surface area (Å²) in [7, 11) is 1.55. The molecule has 0 radical (unpaired) electrons. The van der Waals surface area contributed by atoms with Crippen LogP contribution in [0.5, 0.6) is 5.75 Å². The number of benzene rings is 1. The van der Waals surface area contributed by atoms with Gasteiger partial charge in [-0.3, -0.25) is 4.79 Å². The van der Waals surface area contributed by atoms with Crippen molar-refractivity contribution in [3.8, 4) is 5.75 Å². The highest BCUT2D eigenvalue weighted by Crippen LogP contribution is 2.13. The first-order valence-electron chi connectivity index (χ1n) is 5.88. The summed E-state index contributed by atoms with van der Waals surface area (Å²) in [6.07, 6.45) is -4.02. The van der Waals surface area contributed by atoms with E-state index < -0.39 is 19.1 Å². The highest BCUT2D eigenvalue weighted by Gasteiger charge is 2.17. The zero-order chi connectivity index (χ0) is 14.3. The lowest BCUT2D eigenvalue weighted by Gasteiger charge is -2.10. The second kappa shape index (κ2) is 7.68. The zero-order valence-electron chi connectivity index (χ0n) is 10.6. The van der Waals surface area contributed by atoms with Crippen LogP contribution in [-0.2, 0) is 11.2 Å². The van der Waals surface area contributed by atoms with Crippen LogP contribution in [0.2, 0.25) is 0 Å². The Morgan fingerprint density at radius 3 is 2.84 bits per heavy atom. The first kappa shape index (κ1) is 15.4. The van der Waals surface area contributed by atoms with E-state index in [0.29, 0.717) is 12.2 Å². The van der Waals surface area contributed by atoms with Gasteiger partial charge in [0.1, 0.15) is 11.9 Å². The Morgan fingerprint density at radius 1 is 1.47 bits per heavy atom. The van der Waals surface area contributed by atoms with Crippen LogP contribution in [0.25, 0.3) is 0 Å². The van der Waals surface area contributed by atoms with Crippen molar-refractivity contribution in [1.29, 1.82) is 0 Å². The number of nitrogens with one attached hydrogen (secondary N) is 1. The van der Waals surface area contributed by atoms with Crippen LogP contribution in [0.1, 0.15) is 12.0 Å². The predicted octanol–water partition coefficient (Wildman–Crippen LogP) is 1.37. The van der Waals surface area contributed by atoms with Crippen LogP contribution >= 0.6 is 0 Å². The van der Waals surface area contributed by atoms with E-state index in [1.807, 2.05) is 12.1 Å². The molecule has 1 amide bonds. The van der Waals surface area contributed by atoms with Gasteiger partial charge < -0.3 is 15.2 Å². The molecule has 0 bridgehead atoms. The molecular weight excluding hydrogens is 256 g/mol. The summed E-state index contributed by atoms with van der Waals surface area (Å²) in [4.78, 5) is 11.4. The fourth-order valence-corrected chi connectivity index (χ4v) is 1.48. The Kier molecular flexibility index (Phi) is 6.21. The molecule has 1 atom stereocenters. The molecule has 0 aliphatic rings. The summed E-state index contributed by atoms with van der Waals surface area (Å²) >= 11 is 0. The predicted molar refractivity (Wildman–Crippen MR) is 66.3 cm³/mol. The Labute approximate surface area is 110 Å². The molecule has 0 aliphatic heterocycles. The number of hydrogen-bond donors (Lipinski definition) is 2. The smallest absolute Gasteiger partial charge is 0.265 e. The Balaban J connectivity index is 2.33. The van der Waals surface area contributed by atoms with Crippen LogP contribution in [0, 0.1) is 0 Å². The Morgan fingerprint density at radius 2 is 2.21 bits per heavy atom. The van der Waals surface area contributed by atoms with Gasteiger partial charge in [-0.15, -0.1) is 0 Å². The number of hydrogen-bond acceptors (Lipinski definition) is 3. The molecule has 4 nitrogen and oxygen atoms in total. The number of aliphatic hydroxyl groups excluding tert-OH is 1. The fourth-order valence-electron chi connectivity index (χ4n) is 1.48. The molecule has 1 aromatic carbocycles. The summed E-state index contributed by atoms with van der Waals surface area (Å²) < 4.78 is 29.0. The van der Waals surface area contributed by atoms with E-state index in [-0.39, 0.29) is 12.3 Å². The lowest BCUT2D eigenvalue weighted by Crippen LogP contribution is -2.35. The summed E-state index contributed by atoms with van der Waals surface area (Å²) in [5.74, 6) is 0.327. The van der Waals surface area contributed by atoms with Crippen molar-refractivity contribution in [3.05, 3.63) is 29.8 Å². The molecule has 1 rings (SSSR count). The number of ether oxygens (including phenoxy) is 1. The van der Waals surface area contributed by atoms with E-state index in [4.69, 9.17) is 9.84 Å². The molecule has 0 fully saturated rings. The average Bonchev–Trinajstić information content (AvgIpc) is 2.42. The number of halogens is 2. The normalized spacial score (nSPS) is 12.3.